The summed E-state index contributed by atoms with van der Waals surface area (Å²) in [5, 5.41) is 0.680. The van der Waals surface area contributed by atoms with Crippen molar-refractivity contribution in [2.75, 3.05) is 4.90 Å². The molecule has 3 aromatic carbocycles. The Morgan fingerprint density at radius 2 is 1.65 bits per heavy atom. The Morgan fingerprint density at radius 1 is 0.903 bits per heavy atom. The minimum Gasteiger partial charge on any atom is -0.466 e. The molecule has 1 aliphatic carbocycles. The number of hydrogen-bond acceptors (Lipinski definition) is 4. The minimum absolute atomic E-state index is 0.105. The number of allylic oxidation sites excluding steroid dienone is 2. The van der Waals surface area contributed by atoms with Gasteiger partial charge in [0, 0.05) is 40.7 Å². The molecule has 2 atom stereocenters. The predicted octanol–water partition coefficient (Wildman–Crippen LogP) is 5.52. The van der Waals surface area contributed by atoms with Crippen molar-refractivity contribution >= 4 is 28.9 Å². The van der Waals surface area contributed by atoms with E-state index >= 15 is 0 Å². The van der Waals surface area contributed by atoms with Crippen molar-refractivity contribution in [3.63, 3.8) is 0 Å². The molecule has 2 bridgehead atoms. The first kappa shape index (κ1) is 18.4. The fourth-order valence-corrected chi connectivity index (χ4v) is 5.21. The molecular formula is C26H18ClNO3. The zero-order valence-electron chi connectivity index (χ0n) is 16.5. The van der Waals surface area contributed by atoms with Gasteiger partial charge in [-0.15, -0.1) is 0 Å². The van der Waals surface area contributed by atoms with Crippen LogP contribution < -0.4 is 4.90 Å². The number of carbonyl (C=O) groups excluding carboxylic acids is 2. The van der Waals surface area contributed by atoms with Gasteiger partial charge in [0.25, 0.3) is 0 Å². The molecule has 3 aliphatic rings. The fourth-order valence-electron chi connectivity index (χ4n) is 5.00. The maximum absolute atomic E-state index is 13.4. The number of ether oxygens (including phenoxy) is 1. The molecule has 0 radical (unpaired) electrons. The molecule has 2 aliphatic heterocycles. The van der Waals surface area contributed by atoms with Gasteiger partial charge in [0.1, 0.15) is 0 Å². The molecule has 0 N–H and O–H groups in total. The lowest BCUT2D eigenvalue weighted by molar-refractivity contribution is 0.0535. The van der Waals surface area contributed by atoms with Crippen LogP contribution in [0, 0.1) is 0 Å². The first-order chi connectivity index (χ1) is 15.1. The molecule has 0 spiro atoms. The van der Waals surface area contributed by atoms with Crippen molar-refractivity contribution in [1.82, 2.24) is 0 Å². The summed E-state index contributed by atoms with van der Waals surface area (Å²) in [5.41, 5.74) is 4.51. The molecule has 2 unspecified atom stereocenters. The van der Waals surface area contributed by atoms with E-state index in [1.165, 1.54) is 0 Å². The number of anilines is 1. The number of fused-ring (bicyclic) bond motifs is 6. The van der Waals surface area contributed by atoms with Gasteiger partial charge in [-0.1, -0.05) is 66.2 Å². The monoisotopic (exact) mass is 427 g/mol. The van der Waals surface area contributed by atoms with Crippen LogP contribution in [0.25, 0.3) is 0 Å². The van der Waals surface area contributed by atoms with Crippen molar-refractivity contribution in [3.8, 4) is 0 Å². The Balaban J connectivity index is 1.48. The van der Waals surface area contributed by atoms with Crippen molar-refractivity contribution in [2.45, 2.75) is 25.1 Å². The highest BCUT2D eigenvalue weighted by molar-refractivity contribution is 6.30. The SMILES string of the molecule is O=C1C2=C(C(=O)c3ccccc31)C1CC(O2)N(Cc2cccc(Cl)c2)c2ccccc21. The van der Waals surface area contributed by atoms with Gasteiger partial charge in [-0.25, -0.2) is 0 Å². The molecule has 0 saturated carbocycles. The first-order valence-corrected chi connectivity index (χ1v) is 10.7. The third-order valence-electron chi connectivity index (χ3n) is 6.36. The van der Waals surface area contributed by atoms with Gasteiger partial charge in [-0.05, 0) is 29.3 Å². The zero-order valence-corrected chi connectivity index (χ0v) is 17.3. The van der Waals surface area contributed by atoms with Gasteiger partial charge >= 0.3 is 0 Å². The predicted molar refractivity (Wildman–Crippen MR) is 118 cm³/mol. The summed E-state index contributed by atoms with van der Waals surface area (Å²) in [4.78, 5) is 28.8. The molecule has 4 nitrogen and oxygen atoms in total. The second-order valence-corrected chi connectivity index (χ2v) is 8.56. The number of ketones is 2. The lowest BCUT2D eigenvalue weighted by atomic mass is 9.74. The smallest absolute Gasteiger partial charge is 0.228 e. The molecule has 31 heavy (non-hydrogen) atoms. The number of nitrogens with zero attached hydrogens (tertiary/aromatic N) is 1. The van der Waals surface area contributed by atoms with E-state index in [4.69, 9.17) is 16.3 Å². The Labute approximate surface area is 184 Å². The highest BCUT2D eigenvalue weighted by atomic mass is 35.5. The van der Waals surface area contributed by atoms with Crippen LogP contribution in [-0.2, 0) is 11.3 Å². The summed E-state index contributed by atoms with van der Waals surface area (Å²) >= 11 is 6.20. The maximum atomic E-state index is 13.4. The Bertz CT molecular complexity index is 1300. The van der Waals surface area contributed by atoms with E-state index in [1.807, 2.05) is 36.4 Å². The van der Waals surface area contributed by atoms with Gasteiger partial charge < -0.3 is 9.64 Å². The molecule has 6 rings (SSSR count). The standard InChI is InChI=1S/C26H18ClNO3/c27-16-7-5-6-15(12-16)14-28-21-11-4-3-8-17(21)20-13-22(28)31-26-23(20)24(29)18-9-1-2-10-19(18)25(26)30/h1-12,20,22H,13-14H2. The van der Waals surface area contributed by atoms with Crippen LogP contribution >= 0.6 is 11.6 Å². The van der Waals surface area contributed by atoms with Crippen molar-refractivity contribution < 1.29 is 14.3 Å². The normalized spacial score (nSPS) is 21.3. The number of hydrogen-bond donors (Lipinski definition) is 0. The third-order valence-corrected chi connectivity index (χ3v) is 6.60. The Kier molecular flexibility index (Phi) is 4.05. The average Bonchev–Trinajstić information content (AvgIpc) is 2.80. The van der Waals surface area contributed by atoms with E-state index in [0.717, 1.165) is 16.8 Å². The van der Waals surface area contributed by atoms with Crippen LogP contribution in [0.4, 0.5) is 5.69 Å². The quantitative estimate of drug-likeness (QED) is 0.540. The van der Waals surface area contributed by atoms with Gasteiger partial charge in [0.15, 0.2) is 17.8 Å². The lowest BCUT2D eigenvalue weighted by Gasteiger charge is -2.46. The molecule has 0 amide bonds. The fraction of sp³-hybridized carbons (Fsp3) is 0.154. The summed E-state index contributed by atoms with van der Waals surface area (Å²) in [6.45, 7) is 0.594. The summed E-state index contributed by atoms with van der Waals surface area (Å²) < 4.78 is 6.27. The number of carbonyl (C=O) groups is 2. The van der Waals surface area contributed by atoms with Crippen LogP contribution in [0.2, 0.25) is 5.02 Å². The number of benzene rings is 3. The van der Waals surface area contributed by atoms with Gasteiger partial charge in [-0.2, -0.15) is 0 Å². The van der Waals surface area contributed by atoms with E-state index in [2.05, 4.69) is 17.0 Å². The second-order valence-electron chi connectivity index (χ2n) is 8.12. The average molecular weight is 428 g/mol. The molecule has 3 aromatic rings. The second kappa shape index (κ2) is 6.82. The van der Waals surface area contributed by atoms with E-state index in [-0.39, 0.29) is 29.5 Å². The van der Waals surface area contributed by atoms with E-state index in [1.54, 1.807) is 24.3 Å². The van der Waals surface area contributed by atoms with Crippen LogP contribution in [0.5, 0.6) is 0 Å². The summed E-state index contributed by atoms with van der Waals surface area (Å²) in [6, 6.07) is 22.8. The topological polar surface area (TPSA) is 46.6 Å². The summed E-state index contributed by atoms with van der Waals surface area (Å²) in [6.07, 6.45) is 0.289. The molecule has 0 saturated heterocycles. The van der Waals surface area contributed by atoms with E-state index in [9.17, 15) is 9.59 Å². The van der Waals surface area contributed by atoms with E-state index < -0.39 is 0 Å². The number of halogens is 1. The molecule has 0 aromatic heterocycles. The zero-order chi connectivity index (χ0) is 21.1. The Morgan fingerprint density at radius 3 is 2.45 bits per heavy atom. The molecular weight excluding hydrogens is 410 g/mol. The van der Waals surface area contributed by atoms with Crippen LogP contribution in [-0.4, -0.2) is 17.8 Å². The number of para-hydroxylation sites is 1. The van der Waals surface area contributed by atoms with Crippen molar-refractivity contribution in [1.29, 1.82) is 0 Å². The van der Waals surface area contributed by atoms with Crippen LogP contribution in [0.15, 0.2) is 84.1 Å². The Hall–Kier alpha value is -3.37. The summed E-state index contributed by atoms with van der Waals surface area (Å²) in [5.74, 6) is -0.269. The number of Topliss-reactive ketones (excluding diaryl/α,β-unsaturated/α-hetero) is 2. The molecule has 5 heteroatoms. The minimum atomic E-state index is -0.334. The van der Waals surface area contributed by atoms with Crippen LogP contribution in [0.3, 0.4) is 0 Å². The third kappa shape index (κ3) is 2.75. The number of rotatable bonds is 2. The van der Waals surface area contributed by atoms with Gasteiger partial charge in [0.2, 0.25) is 5.78 Å². The van der Waals surface area contributed by atoms with Gasteiger partial charge in [0.05, 0.1) is 5.57 Å². The lowest BCUT2D eigenvalue weighted by Crippen LogP contribution is -2.47. The maximum Gasteiger partial charge on any atom is 0.228 e. The first-order valence-electron chi connectivity index (χ1n) is 10.3. The molecule has 152 valence electrons. The van der Waals surface area contributed by atoms with Gasteiger partial charge in [-0.3, -0.25) is 9.59 Å². The van der Waals surface area contributed by atoms with Crippen molar-refractivity contribution in [3.05, 3.63) is 111 Å². The van der Waals surface area contributed by atoms with E-state index in [0.29, 0.717) is 34.7 Å². The summed E-state index contributed by atoms with van der Waals surface area (Å²) in [7, 11) is 0. The molecule has 0 fully saturated rings. The van der Waals surface area contributed by atoms with Crippen LogP contribution in [0.1, 0.15) is 44.2 Å². The molecule has 2 heterocycles. The highest BCUT2D eigenvalue weighted by Crippen LogP contribution is 2.50. The highest BCUT2D eigenvalue weighted by Gasteiger charge is 2.47. The van der Waals surface area contributed by atoms with Crippen molar-refractivity contribution in [2.24, 2.45) is 0 Å². The largest absolute Gasteiger partial charge is 0.466 e.